The highest BCUT2D eigenvalue weighted by Crippen LogP contribution is 2.33. The molecule has 0 unspecified atom stereocenters. The van der Waals surface area contributed by atoms with Gasteiger partial charge in [-0.15, -0.1) is 0 Å². The quantitative estimate of drug-likeness (QED) is 0.900. The molecule has 1 aliphatic carbocycles. The highest BCUT2D eigenvalue weighted by atomic mass is 16.5. The predicted molar refractivity (Wildman–Crippen MR) is 78.7 cm³/mol. The predicted octanol–water partition coefficient (Wildman–Crippen LogP) is 2.79. The van der Waals surface area contributed by atoms with Crippen LogP contribution in [0.25, 0.3) is 0 Å². The summed E-state index contributed by atoms with van der Waals surface area (Å²) >= 11 is 0. The van der Waals surface area contributed by atoms with Crippen molar-refractivity contribution in [3.63, 3.8) is 0 Å². The second kappa shape index (κ2) is 5.21. The minimum absolute atomic E-state index is 0.00424. The Bertz CT molecular complexity index is 513. The minimum atomic E-state index is -0.219. The van der Waals surface area contributed by atoms with Crippen LogP contribution >= 0.6 is 0 Å². The van der Waals surface area contributed by atoms with Gasteiger partial charge in [0, 0.05) is 6.61 Å². The summed E-state index contributed by atoms with van der Waals surface area (Å²) in [5, 5.41) is 3.25. The number of hydrogen-bond acceptors (Lipinski definition) is 2. The molecule has 1 fully saturated rings. The molecule has 0 saturated carbocycles. The molecule has 2 aliphatic rings. The largest absolute Gasteiger partial charge is 0.376 e. The second-order valence-electron chi connectivity index (χ2n) is 6.31. The van der Waals surface area contributed by atoms with E-state index in [-0.39, 0.29) is 23.5 Å². The Morgan fingerprint density at radius 2 is 2.20 bits per heavy atom. The lowest BCUT2D eigenvalue weighted by Crippen LogP contribution is -2.52. The Balaban J connectivity index is 1.79. The zero-order chi connectivity index (χ0) is 14.2. The van der Waals surface area contributed by atoms with Gasteiger partial charge in [-0.25, -0.2) is 0 Å². The van der Waals surface area contributed by atoms with Gasteiger partial charge < -0.3 is 10.1 Å². The average molecular weight is 273 g/mol. The fourth-order valence-electron chi connectivity index (χ4n) is 3.39. The Labute approximate surface area is 120 Å². The molecular weight excluding hydrogens is 250 g/mol. The summed E-state index contributed by atoms with van der Waals surface area (Å²) in [4.78, 5) is 12.7. The van der Waals surface area contributed by atoms with E-state index >= 15 is 0 Å². The van der Waals surface area contributed by atoms with Crippen LogP contribution in [0.2, 0.25) is 0 Å². The van der Waals surface area contributed by atoms with Gasteiger partial charge in [-0.05, 0) is 50.7 Å². The molecule has 3 heteroatoms. The topological polar surface area (TPSA) is 38.3 Å². The standard InChI is InChI=1S/C17H23NO2/c1-12-17(2,10-11-20-12)18-16(19)15-9-5-7-13-6-3-4-8-14(13)15/h3-4,6,8,12,15H,5,7,9-11H2,1-2H3,(H,18,19)/t12-,15+,17+/m0/s1. The van der Waals surface area contributed by atoms with Crippen molar-refractivity contribution in [3.05, 3.63) is 35.4 Å². The summed E-state index contributed by atoms with van der Waals surface area (Å²) in [5.74, 6) is 0.168. The van der Waals surface area contributed by atoms with Gasteiger partial charge >= 0.3 is 0 Å². The number of ether oxygens (including phenoxy) is 1. The summed E-state index contributed by atoms with van der Waals surface area (Å²) < 4.78 is 5.61. The van der Waals surface area contributed by atoms with Gasteiger partial charge in [0.25, 0.3) is 0 Å². The third kappa shape index (κ3) is 2.35. The lowest BCUT2D eigenvalue weighted by Gasteiger charge is -2.32. The third-order valence-electron chi connectivity index (χ3n) is 4.98. The van der Waals surface area contributed by atoms with Crippen LogP contribution in [0.15, 0.2) is 24.3 Å². The van der Waals surface area contributed by atoms with Crippen molar-refractivity contribution in [3.8, 4) is 0 Å². The zero-order valence-electron chi connectivity index (χ0n) is 12.3. The van der Waals surface area contributed by atoms with Gasteiger partial charge in [-0.2, -0.15) is 0 Å². The van der Waals surface area contributed by atoms with Crippen molar-refractivity contribution in [1.29, 1.82) is 0 Å². The van der Waals surface area contributed by atoms with Crippen LogP contribution in [0.4, 0.5) is 0 Å². The average Bonchev–Trinajstić information content (AvgIpc) is 2.77. The van der Waals surface area contributed by atoms with Crippen LogP contribution in [0.1, 0.15) is 50.2 Å². The molecule has 0 spiro atoms. The first-order valence-electron chi connectivity index (χ1n) is 7.61. The first-order valence-corrected chi connectivity index (χ1v) is 7.61. The molecule has 1 aromatic carbocycles. The summed E-state index contributed by atoms with van der Waals surface area (Å²) in [7, 11) is 0. The molecule has 1 N–H and O–H groups in total. The minimum Gasteiger partial charge on any atom is -0.376 e. The molecule has 1 heterocycles. The van der Waals surface area contributed by atoms with E-state index in [4.69, 9.17) is 4.74 Å². The van der Waals surface area contributed by atoms with E-state index in [0.29, 0.717) is 0 Å². The van der Waals surface area contributed by atoms with E-state index in [1.54, 1.807) is 0 Å². The van der Waals surface area contributed by atoms with E-state index in [2.05, 4.69) is 30.4 Å². The van der Waals surface area contributed by atoms with Gasteiger partial charge in [0.1, 0.15) is 0 Å². The molecule has 0 aromatic heterocycles. The molecular formula is C17H23NO2. The smallest absolute Gasteiger partial charge is 0.228 e. The SMILES string of the molecule is C[C@@H]1OCC[C@@]1(C)NC(=O)[C@@H]1CCCc2ccccc21. The lowest BCUT2D eigenvalue weighted by atomic mass is 9.81. The summed E-state index contributed by atoms with van der Waals surface area (Å²) in [6.07, 6.45) is 4.13. The number of carbonyl (C=O) groups excluding carboxylic acids is 1. The highest BCUT2D eigenvalue weighted by molar-refractivity contribution is 5.85. The second-order valence-corrected chi connectivity index (χ2v) is 6.31. The number of fused-ring (bicyclic) bond motifs is 1. The van der Waals surface area contributed by atoms with Crippen LogP contribution in [-0.4, -0.2) is 24.2 Å². The molecule has 20 heavy (non-hydrogen) atoms. The van der Waals surface area contributed by atoms with E-state index in [1.165, 1.54) is 11.1 Å². The molecule has 3 atom stereocenters. The molecule has 1 amide bonds. The van der Waals surface area contributed by atoms with E-state index in [9.17, 15) is 4.79 Å². The number of nitrogens with one attached hydrogen (secondary N) is 1. The molecule has 1 aliphatic heterocycles. The van der Waals surface area contributed by atoms with Crippen molar-refractivity contribution in [2.75, 3.05) is 6.61 Å². The van der Waals surface area contributed by atoms with Crippen LogP contribution in [0.3, 0.4) is 0 Å². The number of aryl methyl sites for hydroxylation is 1. The number of hydrogen-bond donors (Lipinski definition) is 1. The zero-order valence-corrected chi connectivity index (χ0v) is 12.3. The van der Waals surface area contributed by atoms with Gasteiger partial charge in [-0.1, -0.05) is 24.3 Å². The van der Waals surface area contributed by atoms with Gasteiger partial charge in [0.15, 0.2) is 0 Å². The maximum Gasteiger partial charge on any atom is 0.228 e. The molecule has 0 bridgehead atoms. The lowest BCUT2D eigenvalue weighted by molar-refractivity contribution is -0.125. The van der Waals surface area contributed by atoms with Crippen LogP contribution < -0.4 is 5.32 Å². The van der Waals surface area contributed by atoms with Gasteiger partial charge in [0.2, 0.25) is 5.91 Å². The van der Waals surface area contributed by atoms with Crippen LogP contribution in [-0.2, 0) is 16.0 Å². The van der Waals surface area contributed by atoms with Gasteiger partial charge in [0.05, 0.1) is 17.6 Å². The molecule has 3 nitrogen and oxygen atoms in total. The van der Waals surface area contributed by atoms with Crippen LogP contribution in [0.5, 0.6) is 0 Å². The van der Waals surface area contributed by atoms with Crippen molar-refractivity contribution in [1.82, 2.24) is 5.32 Å². The first-order chi connectivity index (χ1) is 9.60. The van der Waals surface area contributed by atoms with Gasteiger partial charge in [-0.3, -0.25) is 4.79 Å². The summed E-state index contributed by atoms with van der Waals surface area (Å²) in [6, 6.07) is 8.36. The molecule has 0 radical (unpaired) electrons. The summed E-state index contributed by atoms with van der Waals surface area (Å²) in [6.45, 7) is 4.87. The highest BCUT2D eigenvalue weighted by Gasteiger charge is 2.40. The van der Waals surface area contributed by atoms with Crippen molar-refractivity contribution in [2.45, 2.75) is 57.1 Å². The Kier molecular flexibility index (Phi) is 3.55. The van der Waals surface area contributed by atoms with Crippen LogP contribution in [0, 0.1) is 0 Å². The Morgan fingerprint density at radius 3 is 2.95 bits per heavy atom. The Morgan fingerprint density at radius 1 is 1.40 bits per heavy atom. The van der Waals surface area contributed by atoms with Crippen molar-refractivity contribution >= 4 is 5.91 Å². The molecule has 1 saturated heterocycles. The Hall–Kier alpha value is -1.35. The van der Waals surface area contributed by atoms with E-state index < -0.39 is 0 Å². The van der Waals surface area contributed by atoms with E-state index in [1.807, 2.05) is 13.0 Å². The number of carbonyl (C=O) groups is 1. The number of rotatable bonds is 2. The maximum absolute atomic E-state index is 12.7. The maximum atomic E-state index is 12.7. The fraction of sp³-hybridized carbons (Fsp3) is 0.588. The van der Waals surface area contributed by atoms with Crippen molar-refractivity contribution in [2.24, 2.45) is 0 Å². The fourth-order valence-corrected chi connectivity index (χ4v) is 3.39. The number of amides is 1. The normalized spacial score (nSPS) is 32.7. The summed E-state index contributed by atoms with van der Waals surface area (Å²) in [5.41, 5.74) is 2.33. The monoisotopic (exact) mass is 273 g/mol. The van der Waals surface area contributed by atoms with E-state index in [0.717, 1.165) is 32.3 Å². The third-order valence-corrected chi connectivity index (χ3v) is 4.98. The van der Waals surface area contributed by atoms with Crippen molar-refractivity contribution < 1.29 is 9.53 Å². The number of benzene rings is 1. The first kappa shape index (κ1) is 13.6. The molecule has 1 aromatic rings. The molecule has 108 valence electrons. The molecule has 3 rings (SSSR count).